The molecule has 1 aliphatic carbocycles. The quantitative estimate of drug-likeness (QED) is 0.503. The van der Waals surface area contributed by atoms with E-state index in [1.165, 1.54) is 12.8 Å². The largest absolute Gasteiger partial charge is 0.454 e. The molecule has 0 saturated heterocycles. The van der Waals surface area contributed by atoms with Crippen LogP contribution >= 0.6 is 11.6 Å². The fourth-order valence-electron chi connectivity index (χ4n) is 4.70. The number of anilines is 1. The van der Waals surface area contributed by atoms with Gasteiger partial charge in [-0.15, -0.1) is 0 Å². The Balaban J connectivity index is 1.15. The molecule has 168 valence electrons. The van der Waals surface area contributed by atoms with Crippen LogP contribution in [0.3, 0.4) is 0 Å². The number of hydrogen-bond donors (Lipinski definition) is 2. The molecule has 1 saturated carbocycles. The zero-order valence-electron chi connectivity index (χ0n) is 17.9. The molecule has 1 aliphatic heterocycles. The minimum Gasteiger partial charge on any atom is -0.454 e. The molecule has 1 fully saturated rings. The van der Waals surface area contributed by atoms with Gasteiger partial charge in [0.15, 0.2) is 23.0 Å². The third kappa shape index (κ3) is 4.32. The molecular formula is C23H27ClN6O2. The summed E-state index contributed by atoms with van der Waals surface area (Å²) in [4.78, 5) is 12.8. The molecule has 3 N–H and O–H groups in total. The molecule has 0 radical (unpaired) electrons. The maximum Gasteiger partial charge on any atom is 0.231 e. The summed E-state index contributed by atoms with van der Waals surface area (Å²) in [5, 5.41) is 3.61. The van der Waals surface area contributed by atoms with Gasteiger partial charge in [0, 0.05) is 18.3 Å². The van der Waals surface area contributed by atoms with Crippen molar-refractivity contribution >= 4 is 28.6 Å². The van der Waals surface area contributed by atoms with Gasteiger partial charge in [-0.2, -0.15) is 9.97 Å². The number of nitrogens with zero attached hydrogens (tertiary/aromatic N) is 4. The molecular weight excluding hydrogens is 428 g/mol. The summed E-state index contributed by atoms with van der Waals surface area (Å²) in [7, 11) is 0. The van der Waals surface area contributed by atoms with Gasteiger partial charge >= 0.3 is 0 Å². The second-order valence-electron chi connectivity index (χ2n) is 8.57. The number of hydrogen-bond acceptors (Lipinski definition) is 7. The number of fused-ring (bicyclic) bond motifs is 2. The van der Waals surface area contributed by atoms with E-state index in [1.807, 2.05) is 18.5 Å². The van der Waals surface area contributed by atoms with Crippen molar-refractivity contribution < 1.29 is 9.47 Å². The van der Waals surface area contributed by atoms with E-state index >= 15 is 0 Å². The SMILES string of the molecule is C=C(CC[C@@H]1CCC[C@H](n2cnc3c(N)nc(Cl)nc32)C1)NCc1ccc2c(c1)OCO2. The Bertz CT molecular complexity index is 1150. The molecule has 2 aliphatic rings. The summed E-state index contributed by atoms with van der Waals surface area (Å²) >= 11 is 6.03. The van der Waals surface area contributed by atoms with Crippen LogP contribution in [0.4, 0.5) is 5.82 Å². The molecule has 9 heteroatoms. The van der Waals surface area contributed by atoms with Crippen molar-refractivity contribution in [2.24, 2.45) is 5.92 Å². The van der Waals surface area contributed by atoms with E-state index in [1.54, 1.807) is 0 Å². The average Bonchev–Trinajstić information content (AvgIpc) is 3.43. The van der Waals surface area contributed by atoms with Crippen LogP contribution in [0.2, 0.25) is 5.28 Å². The fraction of sp³-hybridized carbons (Fsp3) is 0.435. The highest BCUT2D eigenvalue weighted by Gasteiger charge is 2.25. The normalized spacial score (nSPS) is 19.9. The smallest absolute Gasteiger partial charge is 0.231 e. The number of benzene rings is 1. The van der Waals surface area contributed by atoms with Crippen molar-refractivity contribution in [3.63, 3.8) is 0 Å². The molecule has 0 unspecified atom stereocenters. The standard InChI is InChI=1S/C23H27ClN6O2/c1-14(26-11-16-7-8-18-19(10-16)32-13-31-18)5-6-15-3-2-4-17(9-15)30-12-27-20-21(25)28-23(24)29-22(20)30/h7-8,10,12,15,17,26H,1-6,9,11,13H2,(H2,25,28,29)/t15-,17-/m0/s1. The summed E-state index contributed by atoms with van der Waals surface area (Å²) in [5.41, 5.74) is 9.53. The first-order chi connectivity index (χ1) is 15.6. The van der Waals surface area contributed by atoms with Gasteiger partial charge in [0.1, 0.15) is 5.52 Å². The van der Waals surface area contributed by atoms with Crippen LogP contribution in [0, 0.1) is 5.92 Å². The first-order valence-electron chi connectivity index (χ1n) is 11.0. The number of nitrogen functional groups attached to an aromatic ring is 1. The van der Waals surface area contributed by atoms with Gasteiger partial charge in [0.25, 0.3) is 0 Å². The molecule has 0 spiro atoms. The van der Waals surface area contributed by atoms with Gasteiger partial charge in [-0.3, -0.25) is 0 Å². The van der Waals surface area contributed by atoms with E-state index in [9.17, 15) is 0 Å². The van der Waals surface area contributed by atoms with Gasteiger partial charge in [-0.1, -0.05) is 25.5 Å². The number of allylic oxidation sites excluding steroid dienone is 1. The predicted molar refractivity (Wildman–Crippen MR) is 124 cm³/mol. The molecule has 1 aromatic carbocycles. The second kappa shape index (κ2) is 8.86. The van der Waals surface area contributed by atoms with E-state index in [-0.39, 0.29) is 5.28 Å². The fourth-order valence-corrected chi connectivity index (χ4v) is 4.87. The third-order valence-corrected chi connectivity index (χ3v) is 6.57. The van der Waals surface area contributed by atoms with Gasteiger partial charge in [0.2, 0.25) is 12.1 Å². The van der Waals surface area contributed by atoms with Crippen molar-refractivity contribution in [1.82, 2.24) is 24.8 Å². The first kappa shape index (κ1) is 20.9. The maximum atomic E-state index is 6.03. The van der Waals surface area contributed by atoms with Gasteiger partial charge in [-0.25, -0.2) is 4.98 Å². The topological polar surface area (TPSA) is 100 Å². The Labute approximate surface area is 191 Å². The van der Waals surface area contributed by atoms with Crippen molar-refractivity contribution in [3.8, 4) is 11.5 Å². The van der Waals surface area contributed by atoms with Crippen molar-refractivity contribution in [2.45, 2.75) is 51.1 Å². The van der Waals surface area contributed by atoms with E-state index in [0.717, 1.165) is 60.6 Å². The summed E-state index contributed by atoms with van der Waals surface area (Å²) in [6.45, 7) is 5.25. The van der Waals surface area contributed by atoms with Gasteiger partial charge in [-0.05, 0) is 60.9 Å². The average molecular weight is 455 g/mol. The predicted octanol–water partition coefficient (Wildman–Crippen LogP) is 4.61. The van der Waals surface area contributed by atoms with E-state index < -0.39 is 0 Å². The van der Waals surface area contributed by atoms with Gasteiger partial charge in [0.05, 0.1) is 6.33 Å². The lowest BCUT2D eigenvalue weighted by atomic mass is 9.82. The first-order valence-corrected chi connectivity index (χ1v) is 11.4. The summed E-state index contributed by atoms with van der Waals surface area (Å²) in [5.74, 6) is 2.57. The summed E-state index contributed by atoms with van der Waals surface area (Å²) in [6.07, 6.45) is 8.48. The monoisotopic (exact) mass is 454 g/mol. The van der Waals surface area contributed by atoms with E-state index in [4.69, 9.17) is 26.8 Å². The Hall–Kier alpha value is -3.00. The lowest BCUT2D eigenvalue weighted by molar-refractivity contribution is 0.174. The molecule has 0 amide bonds. The van der Waals surface area contributed by atoms with Crippen molar-refractivity contribution in [3.05, 3.63) is 47.6 Å². The van der Waals surface area contributed by atoms with Crippen LogP contribution in [0.25, 0.3) is 11.2 Å². The molecule has 3 aromatic rings. The number of nitrogens with two attached hydrogens (primary N) is 1. The number of halogens is 1. The molecule has 32 heavy (non-hydrogen) atoms. The van der Waals surface area contributed by atoms with E-state index in [2.05, 4.69) is 37.5 Å². The molecule has 0 bridgehead atoms. The number of ether oxygens (including phenoxy) is 2. The minimum absolute atomic E-state index is 0.161. The minimum atomic E-state index is 0.161. The van der Waals surface area contributed by atoms with Crippen molar-refractivity contribution in [2.75, 3.05) is 12.5 Å². The zero-order valence-corrected chi connectivity index (χ0v) is 18.6. The highest BCUT2D eigenvalue weighted by Crippen LogP contribution is 2.37. The molecule has 2 atom stereocenters. The Morgan fingerprint density at radius 2 is 2.12 bits per heavy atom. The lowest BCUT2D eigenvalue weighted by Crippen LogP contribution is -2.20. The molecule has 2 aromatic heterocycles. The Kier molecular flexibility index (Phi) is 5.78. The highest BCUT2D eigenvalue weighted by atomic mass is 35.5. The second-order valence-corrected chi connectivity index (χ2v) is 8.91. The lowest BCUT2D eigenvalue weighted by Gasteiger charge is -2.30. The van der Waals surface area contributed by atoms with Crippen LogP contribution in [0.1, 0.15) is 50.1 Å². The maximum absolute atomic E-state index is 6.03. The summed E-state index contributed by atoms with van der Waals surface area (Å²) < 4.78 is 12.9. The van der Waals surface area contributed by atoms with E-state index in [0.29, 0.717) is 30.1 Å². The highest BCUT2D eigenvalue weighted by molar-refractivity contribution is 6.28. The summed E-state index contributed by atoms with van der Waals surface area (Å²) in [6, 6.07) is 6.37. The van der Waals surface area contributed by atoms with Crippen LogP contribution in [-0.4, -0.2) is 26.3 Å². The number of rotatable bonds is 7. The van der Waals surface area contributed by atoms with Crippen LogP contribution in [0.15, 0.2) is 36.8 Å². The zero-order chi connectivity index (χ0) is 22.1. The van der Waals surface area contributed by atoms with Gasteiger partial charge < -0.3 is 25.1 Å². The molecule has 8 nitrogen and oxygen atoms in total. The van der Waals surface area contributed by atoms with Crippen LogP contribution in [-0.2, 0) is 6.54 Å². The number of imidazole rings is 1. The molecule has 5 rings (SSSR count). The van der Waals surface area contributed by atoms with Crippen molar-refractivity contribution in [1.29, 1.82) is 0 Å². The molecule has 3 heterocycles. The van der Waals surface area contributed by atoms with Crippen LogP contribution in [0.5, 0.6) is 11.5 Å². The Morgan fingerprint density at radius 1 is 1.25 bits per heavy atom. The van der Waals surface area contributed by atoms with Crippen LogP contribution < -0.4 is 20.5 Å². The Morgan fingerprint density at radius 3 is 3.03 bits per heavy atom. The third-order valence-electron chi connectivity index (χ3n) is 6.40. The number of nitrogens with one attached hydrogen (secondary N) is 1. The number of aromatic nitrogens is 4.